The minimum absolute atomic E-state index is 0.110. The third-order valence-corrected chi connectivity index (χ3v) is 5.80. The predicted octanol–water partition coefficient (Wildman–Crippen LogP) is 3.57. The Hall–Kier alpha value is -2.35. The summed E-state index contributed by atoms with van der Waals surface area (Å²) in [6.07, 6.45) is 5.30. The van der Waals surface area contributed by atoms with E-state index in [0.29, 0.717) is 18.5 Å². The lowest BCUT2D eigenvalue weighted by molar-refractivity contribution is 0.202. The lowest BCUT2D eigenvalue weighted by Gasteiger charge is -2.13. The van der Waals surface area contributed by atoms with Crippen molar-refractivity contribution in [2.75, 3.05) is 24.5 Å². The maximum Gasteiger partial charge on any atom is 0.316 e. The maximum atomic E-state index is 12.1. The standard InChI is InChI=1S/C19H20Br2N6O4S/c1-2-7-25-32(28,29)27-18-22-12-16(13-3-5-14(20)6-4-13)17(26-18)30-8-9-31-19-23-10-15(21)11-24-19/h3-6,10-12,25H,2,7-9H2,1H3,(H,22,26,27). The van der Waals surface area contributed by atoms with Gasteiger partial charge in [0.05, 0.1) is 10.0 Å². The molecule has 0 aliphatic rings. The van der Waals surface area contributed by atoms with E-state index in [1.54, 1.807) is 12.4 Å². The molecule has 170 valence electrons. The average Bonchev–Trinajstić information content (AvgIpc) is 2.77. The van der Waals surface area contributed by atoms with Gasteiger partial charge in [0.25, 0.3) is 0 Å². The van der Waals surface area contributed by atoms with Crippen molar-refractivity contribution in [3.63, 3.8) is 0 Å². The van der Waals surface area contributed by atoms with Crippen molar-refractivity contribution >= 4 is 48.0 Å². The molecule has 0 aliphatic carbocycles. The third-order valence-electron chi connectivity index (χ3n) is 3.83. The zero-order valence-electron chi connectivity index (χ0n) is 17.0. The van der Waals surface area contributed by atoms with Crippen LogP contribution in [0.3, 0.4) is 0 Å². The van der Waals surface area contributed by atoms with Crippen LogP contribution in [0, 0.1) is 0 Å². The molecule has 0 atom stereocenters. The van der Waals surface area contributed by atoms with Crippen LogP contribution in [-0.2, 0) is 10.2 Å². The first-order valence-corrected chi connectivity index (χ1v) is 12.6. The third kappa shape index (κ3) is 7.36. The molecule has 2 N–H and O–H groups in total. The van der Waals surface area contributed by atoms with E-state index < -0.39 is 10.2 Å². The van der Waals surface area contributed by atoms with Gasteiger partial charge >= 0.3 is 16.2 Å². The molecule has 3 aromatic rings. The molecule has 1 aromatic carbocycles. The Bertz CT molecular complexity index is 1130. The molecule has 0 amide bonds. The molecule has 0 aliphatic heterocycles. The largest absolute Gasteiger partial charge is 0.473 e. The Kier molecular flexibility index (Phi) is 8.73. The number of hydrogen-bond donors (Lipinski definition) is 2. The van der Waals surface area contributed by atoms with E-state index in [9.17, 15) is 8.42 Å². The van der Waals surface area contributed by atoms with Crippen LogP contribution in [0.5, 0.6) is 11.9 Å². The summed E-state index contributed by atoms with van der Waals surface area (Å²) in [5.74, 6) is 0.0949. The van der Waals surface area contributed by atoms with Crippen molar-refractivity contribution in [3.8, 4) is 23.0 Å². The highest BCUT2D eigenvalue weighted by Gasteiger charge is 2.15. The first kappa shape index (κ1) is 24.3. The van der Waals surface area contributed by atoms with Gasteiger partial charge in [-0.05, 0) is 40.0 Å². The molecule has 13 heteroatoms. The molecule has 0 bridgehead atoms. The van der Waals surface area contributed by atoms with Gasteiger partial charge in [-0.2, -0.15) is 18.1 Å². The SMILES string of the molecule is CCCNS(=O)(=O)Nc1ncc(-c2ccc(Br)cc2)c(OCCOc2ncc(Br)cn2)n1. The van der Waals surface area contributed by atoms with Gasteiger partial charge in [-0.3, -0.25) is 0 Å². The molecule has 0 spiro atoms. The average molecular weight is 588 g/mol. The highest BCUT2D eigenvalue weighted by molar-refractivity contribution is 9.10. The van der Waals surface area contributed by atoms with Gasteiger partial charge in [-0.1, -0.05) is 35.0 Å². The zero-order valence-corrected chi connectivity index (χ0v) is 20.9. The van der Waals surface area contributed by atoms with Gasteiger partial charge in [0.1, 0.15) is 13.2 Å². The summed E-state index contributed by atoms with van der Waals surface area (Å²) >= 11 is 6.66. The first-order chi connectivity index (χ1) is 15.4. The molecule has 3 rings (SSSR count). The Morgan fingerprint density at radius 2 is 1.62 bits per heavy atom. The van der Waals surface area contributed by atoms with Crippen molar-refractivity contribution in [3.05, 3.63) is 51.8 Å². The van der Waals surface area contributed by atoms with Gasteiger partial charge in [0, 0.05) is 29.6 Å². The minimum Gasteiger partial charge on any atom is -0.473 e. The molecule has 0 unspecified atom stereocenters. The summed E-state index contributed by atoms with van der Waals surface area (Å²) in [4.78, 5) is 16.4. The fourth-order valence-electron chi connectivity index (χ4n) is 2.39. The number of benzene rings is 1. The minimum atomic E-state index is -3.79. The van der Waals surface area contributed by atoms with E-state index in [4.69, 9.17) is 9.47 Å². The van der Waals surface area contributed by atoms with Crippen molar-refractivity contribution in [2.45, 2.75) is 13.3 Å². The van der Waals surface area contributed by atoms with Crippen molar-refractivity contribution in [2.24, 2.45) is 0 Å². The summed E-state index contributed by atoms with van der Waals surface area (Å²) in [6, 6.07) is 7.70. The van der Waals surface area contributed by atoms with E-state index in [1.807, 2.05) is 31.2 Å². The summed E-state index contributed by atoms with van der Waals surface area (Å²) < 4.78 is 41.8. The number of anilines is 1. The van der Waals surface area contributed by atoms with Crippen LogP contribution in [0.4, 0.5) is 5.95 Å². The van der Waals surface area contributed by atoms with Crippen LogP contribution in [0.15, 0.2) is 51.8 Å². The quantitative estimate of drug-likeness (QED) is 0.326. The first-order valence-electron chi connectivity index (χ1n) is 9.50. The van der Waals surface area contributed by atoms with Crippen molar-refractivity contribution in [1.29, 1.82) is 0 Å². The Labute approximate surface area is 202 Å². The lowest BCUT2D eigenvalue weighted by atomic mass is 10.1. The molecule has 2 aromatic heterocycles. The van der Waals surface area contributed by atoms with E-state index in [1.165, 1.54) is 6.20 Å². The van der Waals surface area contributed by atoms with E-state index in [2.05, 4.69) is 61.2 Å². The fraction of sp³-hybridized carbons (Fsp3) is 0.263. The predicted molar refractivity (Wildman–Crippen MR) is 127 cm³/mol. The van der Waals surface area contributed by atoms with Crippen molar-refractivity contribution < 1.29 is 17.9 Å². The van der Waals surface area contributed by atoms with E-state index >= 15 is 0 Å². The number of rotatable bonds is 11. The second kappa shape index (κ2) is 11.5. The number of nitrogens with one attached hydrogen (secondary N) is 2. The number of aromatic nitrogens is 4. The van der Waals surface area contributed by atoms with Crippen LogP contribution < -0.4 is 18.9 Å². The van der Waals surface area contributed by atoms with Gasteiger partial charge < -0.3 is 9.47 Å². The Balaban J connectivity index is 1.76. The summed E-state index contributed by atoms with van der Waals surface area (Å²) in [7, 11) is -3.79. The van der Waals surface area contributed by atoms with Gasteiger partial charge in [-0.25, -0.2) is 19.7 Å². The molecule has 0 radical (unpaired) electrons. The molecular formula is C19H20Br2N6O4S. The lowest BCUT2D eigenvalue weighted by Crippen LogP contribution is -2.31. The Morgan fingerprint density at radius 3 is 2.31 bits per heavy atom. The zero-order chi connectivity index (χ0) is 23.0. The van der Waals surface area contributed by atoms with Crippen LogP contribution in [0.1, 0.15) is 13.3 Å². The molecule has 0 saturated heterocycles. The highest BCUT2D eigenvalue weighted by atomic mass is 79.9. The number of nitrogens with zero attached hydrogens (tertiary/aromatic N) is 4. The molecular weight excluding hydrogens is 568 g/mol. The molecule has 32 heavy (non-hydrogen) atoms. The Morgan fingerprint density at radius 1 is 0.938 bits per heavy atom. The second-order valence-corrected chi connectivity index (χ2v) is 9.63. The van der Waals surface area contributed by atoms with Crippen LogP contribution >= 0.6 is 31.9 Å². The fourth-order valence-corrected chi connectivity index (χ4v) is 3.74. The smallest absolute Gasteiger partial charge is 0.316 e. The summed E-state index contributed by atoms with van der Waals surface area (Å²) in [5.41, 5.74) is 1.40. The van der Waals surface area contributed by atoms with Gasteiger partial charge in [-0.15, -0.1) is 0 Å². The van der Waals surface area contributed by atoms with E-state index in [0.717, 1.165) is 14.5 Å². The number of ether oxygens (including phenoxy) is 2. The molecule has 0 fully saturated rings. The normalized spacial score (nSPS) is 11.2. The monoisotopic (exact) mass is 586 g/mol. The molecule has 10 nitrogen and oxygen atoms in total. The van der Waals surface area contributed by atoms with Crippen LogP contribution in [-0.4, -0.2) is 48.1 Å². The second-order valence-electron chi connectivity index (χ2n) is 6.30. The maximum absolute atomic E-state index is 12.1. The number of halogens is 2. The highest BCUT2D eigenvalue weighted by Crippen LogP contribution is 2.29. The molecule has 2 heterocycles. The topological polar surface area (TPSA) is 128 Å². The van der Waals surface area contributed by atoms with Crippen LogP contribution in [0.25, 0.3) is 11.1 Å². The van der Waals surface area contributed by atoms with E-state index in [-0.39, 0.29) is 31.1 Å². The van der Waals surface area contributed by atoms with Crippen LogP contribution in [0.2, 0.25) is 0 Å². The van der Waals surface area contributed by atoms with Gasteiger partial charge in [0.15, 0.2) is 0 Å². The molecule has 0 saturated carbocycles. The number of hydrogen-bond acceptors (Lipinski definition) is 8. The summed E-state index contributed by atoms with van der Waals surface area (Å²) in [5, 5.41) is 0. The van der Waals surface area contributed by atoms with Crippen molar-refractivity contribution in [1.82, 2.24) is 24.7 Å². The van der Waals surface area contributed by atoms with Gasteiger partial charge in [0.2, 0.25) is 11.8 Å². The summed E-state index contributed by atoms with van der Waals surface area (Å²) in [6.45, 7) is 2.44.